The lowest BCUT2D eigenvalue weighted by atomic mass is 9.81. The van der Waals surface area contributed by atoms with Crippen LogP contribution in [-0.4, -0.2) is 46.3 Å². The second kappa shape index (κ2) is 6.77. The van der Waals surface area contributed by atoms with Crippen LogP contribution in [0, 0.1) is 0 Å². The maximum atomic E-state index is 13.0. The number of carbonyl (C=O) groups excluding carboxylic acids is 2. The van der Waals surface area contributed by atoms with Crippen molar-refractivity contribution >= 4 is 40.7 Å². The number of hydrogen-bond acceptors (Lipinski definition) is 4. The van der Waals surface area contributed by atoms with Gasteiger partial charge in [-0.15, -0.1) is 0 Å². The first-order valence-electron chi connectivity index (χ1n) is 8.70. The van der Waals surface area contributed by atoms with Gasteiger partial charge in [0.1, 0.15) is 5.15 Å². The predicted octanol–water partition coefficient (Wildman–Crippen LogP) is 2.86. The molecule has 2 amide bonds. The Hall–Kier alpha value is -2.18. The Balaban J connectivity index is 1.64. The first-order valence-corrected chi connectivity index (χ1v) is 9.46. The van der Waals surface area contributed by atoms with Crippen LogP contribution in [0.2, 0.25) is 10.2 Å². The van der Waals surface area contributed by atoms with E-state index in [1.807, 2.05) is 17.0 Å². The van der Waals surface area contributed by atoms with E-state index in [1.165, 1.54) is 12.4 Å². The number of anilines is 1. The monoisotopic (exact) mass is 404 g/mol. The predicted molar refractivity (Wildman–Crippen MR) is 103 cm³/mol. The molecule has 0 bridgehead atoms. The van der Waals surface area contributed by atoms with Gasteiger partial charge < -0.3 is 9.80 Å². The standard InChI is InChI=1S/C19H18Cl2N4O2/c1-12(26)24-5-4-19(10-24)11-25(16-3-2-13(20)6-15(16)19)18(27)7-14-8-23-17(21)9-22-14/h2-3,6,8-9H,4-5,7,10-11H2,1H3. The van der Waals surface area contributed by atoms with Crippen molar-refractivity contribution in [1.29, 1.82) is 0 Å². The zero-order valence-corrected chi connectivity index (χ0v) is 16.3. The van der Waals surface area contributed by atoms with E-state index in [-0.39, 0.29) is 23.7 Å². The maximum absolute atomic E-state index is 13.0. The Bertz CT molecular complexity index is 918. The third-order valence-electron chi connectivity index (χ3n) is 5.39. The van der Waals surface area contributed by atoms with Gasteiger partial charge in [-0.25, -0.2) is 4.98 Å². The molecule has 8 heteroatoms. The number of benzene rings is 1. The Kier molecular flexibility index (Phi) is 4.56. The lowest BCUT2D eigenvalue weighted by Crippen LogP contribution is -2.40. The summed E-state index contributed by atoms with van der Waals surface area (Å²) in [5, 5.41) is 0.925. The van der Waals surface area contributed by atoms with Gasteiger partial charge in [-0.2, -0.15) is 0 Å². The number of fused-ring (bicyclic) bond motifs is 2. The highest BCUT2D eigenvalue weighted by Gasteiger charge is 2.49. The zero-order chi connectivity index (χ0) is 19.2. The van der Waals surface area contributed by atoms with Crippen LogP contribution in [0.15, 0.2) is 30.6 Å². The van der Waals surface area contributed by atoms with Gasteiger partial charge in [0.05, 0.1) is 24.5 Å². The lowest BCUT2D eigenvalue weighted by molar-refractivity contribution is -0.127. The molecule has 4 rings (SSSR count). The minimum absolute atomic E-state index is 0.0525. The first kappa shape index (κ1) is 18.2. The molecule has 1 aromatic carbocycles. The van der Waals surface area contributed by atoms with Crippen molar-refractivity contribution in [3.8, 4) is 0 Å². The summed E-state index contributed by atoms with van der Waals surface area (Å²) in [6, 6.07) is 5.60. The number of likely N-dealkylation sites (tertiary alicyclic amines) is 1. The van der Waals surface area contributed by atoms with Crippen molar-refractivity contribution in [2.24, 2.45) is 0 Å². The molecule has 1 unspecified atom stereocenters. The van der Waals surface area contributed by atoms with E-state index < -0.39 is 0 Å². The van der Waals surface area contributed by atoms with Crippen molar-refractivity contribution in [1.82, 2.24) is 14.9 Å². The quantitative estimate of drug-likeness (QED) is 0.771. The minimum atomic E-state index is -0.271. The molecule has 0 radical (unpaired) electrons. The van der Waals surface area contributed by atoms with Gasteiger partial charge in [0, 0.05) is 42.7 Å². The highest BCUT2D eigenvalue weighted by atomic mass is 35.5. The van der Waals surface area contributed by atoms with Crippen molar-refractivity contribution in [2.75, 3.05) is 24.5 Å². The molecule has 1 spiro atoms. The topological polar surface area (TPSA) is 66.4 Å². The summed E-state index contributed by atoms with van der Waals surface area (Å²) >= 11 is 12.0. The molecule has 0 saturated carbocycles. The molecule has 0 aliphatic carbocycles. The molecular formula is C19H18Cl2N4O2. The van der Waals surface area contributed by atoms with E-state index in [1.54, 1.807) is 17.9 Å². The van der Waals surface area contributed by atoms with Crippen LogP contribution >= 0.6 is 23.2 Å². The summed E-state index contributed by atoms with van der Waals surface area (Å²) in [4.78, 5) is 36.6. The molecule has 2 aliphatic rings. The Morgan fingerprint density at radius 1 is 1.19 bits per heavy atom. The number of amides is 2. The number of halogens is 2. The van der Waals surface area contributed by atoms with Gasteiger partial charge in [0.25, 0.3) is 0 Å². The molecule has 1 aromatic heterocycles. The fraction of sp³-hybridized carbons (Fsp3) is 0.368. The molecular weight excluding hydrogens is 387 g/mol. The summed E-state index contributed by atoms with van der Waals surface area (Å²) < 4.78 is 0. The molecule has 2 aliphatic heterocycles. The molecule has 27 heavy (non-hydrogen) atoms. The Morgan fingerprint density at radius 3 is 2.67 bits per heavy atom. The van der Waals surface area contributed by atoms with Crippen molar-refractivity contribution < 1.29 is 9.59 Å². The third-order valence-corrected chi connectivity index (χ3v) is 5.82. The average molecular weight is 405 g/mol. The summed E-state index contributed by atoms with van der Waals surface area (Å²) in [7, 11) is 0. The van der Waals surface area contributed by atoms with Gasteiger partial charge in [-0.05, 0) is 30.2 Å². The fourth-order valence-electron chi connectivity index (χ4n) is 4.03. The number of nitrogens with zero attached hydrogens (tertiary/aromatic N) is 4. The lowest BCUT2D eigenvalue weighted by Gasteiger charge is -2.25. The molecule has 3 heterocycles. The van der Waals surface area contributed by atoms with Crippen molar-refractivity contribution in [3.05, 3.63) is 52.0 Å². The normalized spacial score (nSPS) is 21.0. The van der Waals surface area contributed by atoms with E-state index >= 15 is 0 Å². The summed E-state index contributed by atoms with van der Waals surface area (Å²) in [5.41, 5.74) is 2.19. The molecule has 2 aromatic rings. The second-order valence-electron chi connectivity index (χ2n) is 7.12. The summed E-state index contributed by atoms with van der Waals surface area (Å²) in [6.07, 6.45) is 3.90. The molecule has 1 fully saturated rings. The van der Waals surface area contributed by atoms with Crippen LogP contribution in [-0.2, 0) is 21.4 Å². The van der Waals surface area contributed by atoms with Crippen LogP contribution in [0.1, 0.15) is 24.6 Å². The highest BCUT2D eigenvalue weighted by molar-refractivity contribution is 6.30. The van der Waals surface area contributed by atoms with E-state index in [0.717, 1.165) is 17.7 Å². The second-order valence-corrected chi connectivity index (χ2v) is 7.94. The third kappa shape index (κ3) is 3.28. The number of carbonyl (C=O) groups is 2. The van der Waals surface area contributed by atoms with Crippen LogP contribution in [0.25, 0.3) is 0 Å². The molecule has 0 N–H and O–H groups in total. The van der Waals surface area contributed by atoms with E-state index in [9.17, 15) is 9.59 Å². The molecule has 6 nitrogen and oxygen atoms in total. The Labute approximate surface area is 167 Å². The largest absolute Gasteiger partial charge is 0.342 e. The van der Waals surface area contributed by atoms with Crippen LogP contribution < -0.4 is 4.90 Å². The smallest absolute Gasteiger partial charge is 0.233 e. The Morgan fingerprint density at radius 2 is 2.00 bits per heavy atom. The van der Waals surface area contributed by atoms with Gasteiger partial charge in [-0.3, -0.25) is 14.6 Å². The SMILES string of the molecule is CC(=O)N1CCC2(C1)CN(C(=O)Cc1cnc(Cl)cn1)c1ccc(Cl)cc12. The van der Waals surface area contributed by atoms with Crippen molar-refractivity contribution in [3.63, 3.8) is 0 Å². The number of aromatic nitrogens is 2. The maximum Gasteiger partial charge on any atom is 0.233 e. The van der Waals surface area contributed by atoms with Crippen LogP contribution in [0.3, 0.4) is 0 Å². The van der Waals surface area contributed by atoms with E-state index in [4.69, 9.17) is 23.2 Å². The van der Waals surface area contributed by atoms with Gasteiger partial charge in [-0.1, -0.05) is 23.2 Å². The first-order chi connectivity index (χ1) is 12.9. The van der Waals surface area contributed by atoms with E-state index in [2.05, 4.69) is 9.97 Å². The van der Waals surface area contributed by atoms with Gasteiger partial charge in [0.2, 0.25) is 11.8 Å². The zero-order valence-electron chi connectivity index (χ0n) is 14.8. The van der Waals surface area contributed by atoms with Crippen LogP contribution in [0.4, 0.5) is 5.69 Å². The minimum Gasteiger partial charge on any atom is -0.342 e. The van der Waals surface area contributed by atoms with Crippen molar-refractivity contribution in [2.45, 2.75) is 25.2 Å². The van der Waals surface area contributed by atoms with E-state index in [0.29, 0.717) is 35.5 Å². The average Bonchev–Trinajstić information content (AvgIpc) is 3.20. The van der Waals surface area contributed by atoms with Gasteiger partial charge >= 0.3 is 0 Å². The molecule has 140 valence electrons. The highest BCUT2D eigenvalue weighted by Crippen LogP contribution is 2.47. The fourth-order valence-corrected chi connectivity index (χ4v) is 4.30. The van der Waals surface area contributed by atoms with Gasteiger partial charge in [0.15, 0.2) is 0 Å². The number of rotatable bonds is 2. The number of hydrogen-bond donors (Lipinski definition) is 0. The summed E-state index contributed by atoms with van der Waals surface area (Å²) in [6.45, 7) is 3.40. The molecule has 1 atom stereocenters. The van der Waals surface area contributed by atoms with Crippen LogP contribution in [0.5, 0.6) is 0 Å². The molecule has 1 saturated heterocycles. The summed E-state index contributed by atoms with van der Waals surface area (Å²) in [5.74, 6) is -0.00925.